The van der Waals surface area contributed by atoms with Gasteiger partial charge in [-0.15, -0.1) is 0 Å². The molecule has 1 amide bonds. The summed E-state index contributed by atoms with van der Waals surface area (Å²) in [4.78, 5) is 52.6. The number of nitrogens with one attached hydrogen (secondary N) is 3. The van der Waals surface area contributed by atoms with Gasteiger partial charge in [-0.05, 0) is 89.3 Å². The first-order chi connectivity index (χ1) is 30.5. The van der Waals surface area contributed by atoms with Crippen molar-refractivity contribution in [3.8, 4) is 0 Å². The number of carbonyl (C=O) groups is 4. The molecular formula is C50H95N3O9S. The third-order valence-corrected chi connectivity index (χ3v) is 11.9. The van der Waals surface area contributed by atoms with E-state index in [2.05, 4.69) is 50.6 Å². The SMILES string of the molecule is CCCCNC(=O)C(CCCCCCCCC(=O)OC(CCCC)CCCC)(CCCCCCCCC(=O)OC(CCCC)CCCC)OC(=O)CCCNC(=S)NCC(O)CO. The molecule has 0 saturated carbocycles. The molecular weight excluding hydrogens is 819 g/mol. The molecule has 1 unspecified atom stereocenters. The minimum absolute atomic E-state index is 0.0347. The topological polar surface area (TPSA) is 173 Å². The first kappa shape index (κ1) is 60.5. The lowest BCUT2D eigenvalue weighted by atomic mass is 9.88. The Labute approximate surface area is 389 Å². The second kappa shape index (κ2) is 42.1. The lowest BCUT2D eigenvalue weighted by Crippen LogP contribution is -2.50. The lowest BCUT2D eigenvalue weighted by Gasteiger charge is -2.33. The van der Waals surface area contributed by atoms with Gasteiger partial charge in [0.1, 0.15) is 12.2 Å². The third kappa shape index (κ3) is 34.5. The van der Waals surface area contributed by atoms with Gasteiger partial charge in [-0.3, -0.25) is 19.2 Å². The van der Waals surface area contributed by atoms with Crippen LogP contribution in [0.15, 0.2) is 0 Å². The van der Waals surface area contributed by atoms with Gasteiger partial charge in [0, 0.05) is 38.9 Å². The molecule has 0 rings (SSSR count). The number of esters is 3. The Balaban J connectivity index is 5.35. The zero-order chi connectivity index (χ0) is 46.8. The van der Waals surface area contributed by atoms with Crippen LogP contribution in [0.3, 0.4) is 0 Å². The predicted octanol–water partition coefficient (Wildman–Crippen LogP) is 10.6. The quantitative estimate of drug-likeness (QED) is 0.0170. The standard InChI is InChI=1S/C50H95N3O9S/c1-6-11-29-43(30-12-7-2)60-45(56)33-24-20-16-18-22-26-36-50(48(59)51-38-15-10-5,62-47(58)35-28-39-52-49(63)53-40-42(55)41-54)37-27-23-19-17-21-25-34-46(57)61-44(31-13-8-3)32-14-9-4/h42-44,54-55H,6-41H2,1-5H3,(H,51,59)(H2,52,53,63). The molecule has 0 aliphatic rings. The van der Waals surface area contributed by atoms with Gasteiger partial charge in [-0.25, -0.2) is 0 Å². The van der Waals surface area contributed by atoms with E-state index in [1.807, 2.05) is 0 Å². The van der Waals surface area contributed by atoms with Crippen LogP contribution in [0.25, 0.3) is 0 Å². The number of hydrogen-bond acceptors (Lipinski definition) is 10. The molecule has 0 saturated heterocycles. The normalized spacial score (nSPS) is 12.0. The molecule has 370 valence electrons. The summed E-state index contributed by atoms with van der Waals surface area (Å²) in [5.41, 5.74) is -1.26. The summed E-state index contributed by atoms with van der Waals surface area (Å²) >= 11 is 5.23. The van der Waals surface area contributed by atoms with Crippen LogP contribution in [0.4, 0.5) is 0 Å². The molecule has 0 aromatic heterocycles. The molecule has 12 nitrogen and oxygen atoms in total. The maximum Gasteiger partial charge on any atom is 0.306 e. The fourth-order valence-corrected chi connectivity index (χ4v) is 7.78. The van der Waals surface area contributed by atoms with Crippen molar-refractivity contribution in [3.63, 3.8) is 0 Å². The van der Waals surface area contributed by atoms with E-state index in [4.69, 9.17) is 31.5 Å². The molecule has 0 aromatic carbocycles. The number of carbonyl (C=O) groups excluding carboxylic acids is 4. The molecule has 1 atom stereocenters. The summed E-state index contributed by atoms with van der Waals surface area (Å²) in [6.07, 6.45) is 26.3. The summed E-state index contributed by atoms with van der Waals surface area (Å²) in [6, 6.07) is 0. The van der Waals surface area contributed by atoms with E-state index in [1.54, 1.807) is 0 Å². The summed E-state index contributed by atoms with van der Waals surface area (Å²) in [5, 5.41) is 27.8. The van der Waals surface area contributed by atoms with Crippen molar-refractivity contribution in [3.05, 3.63) is 0 Å². The minimum atomic E-state index is -1.26. The number of aliphatic hydroxyl groups excluding tert-OH is 2. The molecule has 0 aliphatic carbocycles. The highest BCUT2D eigenvalue weighted by molar-refractivity contribution is 7.80. The van der Waals surface area contributed by atoms with Crippen molar-refractivity contribution in [2.75, 3.05) is 26.2 Å². The second-order valence-corrected chi connectivity index (χ2v) is 18.1. The molecule has 13 heteroatoms. The van der Waals surface area contributed by atoms with Gasteiger partial charge in [0.25, 0.3) is 5.91 Å². The van der Waals surface area contributed by atoms with Gasteiger partial charge >= 0.3 is 17.9 Å². The minimum Gasteiger partial charge on any atom is -0.462 e. The number of rotatable bonds is 44. The van der Waals surface area contributed by atoms with E-state index >= 15 is 0 Å². The van der Waals surface area contributed by atoms with Crippen molar-refractivity contribution >= 4 is 41.1 Å². The highest BCUT2D eigenvalue weighted by Gasteiger charge is 2.41. The average molecular weight is 914 g/mol. The Kier molecular flexibility index (Phi) is 40.5. The van der Waals surface area contributed by atoms with Crippen LogP contribution >= 0.6 is 12.2 Å². The maximum absolute atomic E-state index is 14.0. The second-order valence-electron chi connectivity index (χ2n) is 17.7. The number of hydrogen-bond donors (Lipinski definition) is 5. The molecule has 5 N–H and O–H groups in total. The Morgan fingerprint density at radius 3 is 1.33 bits per heavy atom. The van der Waals surface area contributed by atoms with E-state index in [-0.39, 0.29) is 49.6 Å². The highest BCUT2D eigenvalue weighted by Crippen LogP contribution is 2.29. The van der Waals surface area contributed by atoms with Crippen LogP contribution in [0.5, 0.6) is 0 Å². The molecule has 63 heavy (non-hydrogen) atoms. The van der Waals surface area contributed by atoms with Crippen LogP contribution in [0, 0.1) is 0 Å². The van der Waals surface area contributed by atoms with Crippen molar-refractivity contribution in [1.82, 2.24) is 16.0 Å². The van der Waals surface area contributed by atoms with E-state index in [1.165, 1.54) is 0 Å². The first-order valence-electron chi connectivity index (χ1n) is 25.7. The Morgan fingerprint density at radius 2 is 0.905 bits per heavy atom. The van der Waals surface area contributed by atoms with E-state index in [9.17, 15) is 24.3 Å². The van der Waals surface area contributed by atoms with Gasteiger partial charge in [-0.1, -0.05) is 144 Å². The van der Waals surface area contributed by atoms with Crippen LogP contribution < -0.4 is 16.0 Å². The van der Waals surface area contributed by atoms with Gasteiger partial charge in [-0.2, -0.15) is 0 Å². The monoisotopic (exact) mass is 914 g/mol. The van der Waals surface area contributed by atoms with Crippen molar-refractivity contribution in [1.29, 1.82) is 0 Å². The summed E-state index contributed by atoms with van der Waals surface area (Å²) < 4.78 is 17.9. The third-order valence-electron chi connectivity index (χ3n) is 11.6. The number of amides is 1. The smallest absolute Gasteiger partial charge is 0.306 e. The first-order valence-corrected chi connectivity index (χ1v) is 26.1. The molecule has 0 aliphatic heterocycles. The van der Waals surface area contributed by atoms with Gasteiger partial charge in [0.2, 0.25) is 0 Å². The fraction of sp³-hybridized carbons (Fsp3) is 0.900. The zero-order valence-corrected chi connectivity index (χ0v) is 41.7. The summed E-state index contributed by atoms with van der Waals surface area (Å²) in [7, 11) is 0. The van der Waals surface area contributed by atoms with E-state index in [0.717, 1.165) is 167 Å². The van der Waals surface area contributed by atoms with Gasteiger partial charge < -0.3 is 40.4 Å². The number of unbranched alkanes of at least 4 members (excludes halogenated alkanes) is 15. The largest absolute Gasteiger partial charge is 0.462 e. The van der Waals surface area contributed by atoms with Crippen molar-refractivity contribution < 1.29 is 43.6 Å². The summed E-state index contributed by atoms with van der Waals surface area (Å²) in [6.45, 7) is 11.4. The average Bonchev–Trinajstić information content (AvgIpc) is 3.27. The van der Waals surface area contributed by atoms with Crippen LogP contribution in [0.1, 0.15) is 240 Å². The highest BCUT2D eigenvalue weighted by atomic mass is 32.1. The molecule has 0 spiro atoms. The Morgan fingerprint density at radius 1 is 0.508 bits per heavy atom. The molecule has 0 bridgehead atoms. The predicted molar refractivity (Wildman–Crippen MR) is 259 cm³/mol. The van der Waals surface area contributed by atoms with Crippen LogP contribution in [-0.4, -0.2) is 89.3 Å². The number of thiocarbonyl (C=S) groups is 1. The lowest BCUT2D eigenvalue weighted by molar-refractivity contribution is -0.171. The Hall–Kier alpha value is -2.51. The van der Waals surface area contributed by atoms with Gasteiger partial charge in [0.15, 0.2) is 10.7 Å². The van der Waals surface area contributed by atoms with Crippen molar-refractivity contribution in [2.24, 2.45) is 0 Å². The number of aliphatic hydroxyl groups is 2. The van der Waals surface area contributed by atoms with Crippen LogP contribution in [-0.2, 0) is 33.4 Å². The molecule has 0 aromatic rings. The van der Waals surface area contributed by atoms with E-state index in [0.29, 0.717) is 50.3 Å². The van der Waals surface area contributed by atoms with Crippen molar-refractivity contribution in [2.45, 2.75) is 264 Å². The zero-order valence-electron chi connectivity index (χ0n) is 40.8. The van der Waals surface area contributed by atoms with E-state index < -0.39 is 17.7 Å². The molecule has 0 heterocycles. The van der Waals surface area contributed by atoms with Gasteiger partial charge in [0.05, 0.1) is 12.7 Å². The molecule has 0 radical (unpaired) electrons. The fourth-order valence-electron chi connectivity index (χ4n) is 7.60. The van der Waals surface area contributed by atoms with Crippen LogP contribution in [0.2, 0.25) is 0 Å². The number of ether oxygens (including phenoxy) is 3. The maximum atomic E-state index is 14.0. The Bertz CT molecular complexity index is 1090. The molecule has 0 fully saturated rings. The summed E-state index contributed by atoms with van der Waals surface area (Å²) in [5.74, 6) is -0.821.